The number of para-hydroxylation sites is 1. The van der Waals surface area contributed by atoms with Gasteiger partial charge in [-0.05, 0) is 25.5 Å². The van der Waals surface area contributed by atoms with Gasteiger partial charge in [0.2, 0.25) is 0 Å². The van der Waals surface area contributed by atoms with Crippen LogP contribution in [-0.4, -0.2) is 10.2 Å². The van der Waals surface area contributed by atoms with Crippen LogP contribution in [0.1, 0.15) is 24.2 Å². The molecule has 3 rings (SSSR count). The molecule has 3 N–H and O–H groups in total. The van der Waals surface area contributed by atoms with E-state index in [1.165, 1.54) is 0 Å². The summed E-state index contributed by atoms with van der Waals surface area (Å²) in [4.78, 5) is 0. The number of aryl methyl sites for hydroxylation is 1. The molecule has 106 valence electrons. The van der Waals surface area contributed by atoms with Crippen molar-refractivity contribution in [3.05, 3.63) is 59.8 Å². The molecule has 1 unspecified atom stereocenters. The fourth-order valence-corrected chi connectivity index (χ4v) is 2.47. The van der Waals surface area contributed by atoms with Crippen LogP contribution >= 0.6 is 0 Å². The number of aromatic nitrogens is 2. The van der Waals surface area contributed by atoms with Crippen molar-refractivity contribution < 1.29 is 0 Å². The lowest BCUT2D eigenvalue weighted by molar-refractivity contribution is 0.820. The summed E-state index contributed by atoms with van der Waals surface area (Å²) in [6, 6.07) is 16.1. The summed E-state index contributed by atoms with van der Waals surface area (Å²) in [5.41, 5.74) is 8.98. The van der Waals surface area contributed by atoms with E-state index in [1.807, 2.05) is 56.3 Å². The SMILES string of the molecule is Cc1nnc(Nc2ccccc2C(C)N)c2ccccc12. The van der Waals surface area contributed by atoms with Crippen LogP contribution in [0.25, 0.3) is 10.8 Å². The Morgan fingerprint density at radius 1 is 0.952 bits per heavy atom. The number of hydrogen-bond donors (Lipinski definition) is 2. The van der Waals surface area contributed by atoms with E-state index in [-0.39, 0.29) is 6.04 Å². The first kappa shape index (κ1) is 13.5. The lowest BCUT2D eigenvalue weighted by Crippen LogP contribution is -2.08. The smallest absolute Gasteiger partial charge is 0.160 e. The van der Waals surface area contributed by atoms with Crippen LogP contribution in [0.3, 0.4) is 0 Å². The van der Waals surface area contributed by atoms with Crippen molar-refractivity contribution in [1.29, 1.82) is 0 Å². The third kappa shape index (κ3) is 2.58. The van der Waals surface area contributed by atoms with Crippen molar-refractivity contribution in [2.24, 2.45) is 5.73 Å². The van der Waals surface area contributed by atoms with Gasteiger partial charge in [-0.2, -0.15) is 5.10 Å². The van der Waals surface area contributed by atoms with E-state index in [4.69, 9.17) is 5.73 Å². The van der Waals surface area contributed by atoms with Crippen LogP contribution in [0.4, 0.5) is 11.5 Å². The zero-order valence-corrected chi connectivity index (χ0v) is 12.2. The molecule has 0 saturated carbocycles. The second kappa shape index (κ2) is 5.50. The van der Waals surface area contributed by atoms with Gasteiger partial charge in [-0.15, -0.1) is 5.10 Å². The molecule has 0 aliphatic carbocycles. The molecule has 0 spiro atoms. The van der Waals surface area contributed by atoms with E-state index in [0.717, 1.165) is 33.5 Å². The predicted molar refractivity (Wildman–Crippen MR) is 86.6 cm³/mol. The Labute approximate surface area is 124 Å². The van der Waals surface area contributed by atoms with Gasteiger partial charge in [0.05, 0.1) is 5.69 Å². The molecule has 4 nitrogen and oxygen atoms in total. The monoisotopic (exact) mass is 278 g/mol. The van der Waals surface area contributed by atoms with Gasteiger partial charge in [-0.3, -0.25) is 0 Å². The zero-order chi connectivity index (χ0) is 14.8. The van der Waals surface area contributed by atoms with E-state index >= 15 is 0 Å². The maximum atomic E-state index is 6.03. The van der Waals surface area contributed by atoms with Gasteiger partial charge in [-0.1, -0.05) is 42.5 Å². The number of rotatable bonds is 3. The van der Waals surface area contributed by atoms with Crippen LogP contribution in [0.5, 0.6) is 0 Å². The number of nitrogens with zero attached hydrogens (tertiary/aromatic N) is 2. The fourth-order valence-electron chi connectivity index (χ4n) is 2.47. The van der Waals surface area contributed by atoms with Gasteiger partial charge in [-0.25, -0.2) is 0 Å². The Balaban J connectivity index is 2.09. The minimum absolute atomic E-state index is 0.0432. The highest BCUT2D eigenvalue weighted by molar-refractivity contribution is 5.94. The highest BCUT2D eigenvalue weighted by atomic mass is 15.2. The van der Waals surface area contributed by atoms with Crippen molar-refractivity contribution in [3.63, 3.8) is 0 Å². The van der Waals surface area contributed by atoms with Gasteiger partial charge < -0.3 is 11.1 Å². The molecule has 1 heterocycles. The second-order valence-corrected chi connectivity index (χ2v) is 5.18. The lowest BCUT2D eigenvalue weighted by Gasteiger charge is -2.15. The average molecular weight is 278 g/mol. The average Bonchev–Trinajstić information content (AvgIpc) is 2.51. The quantitative estimate of drug-likeness (QED) is 0.766. The number of nitrogens with one attached hydrogen (secondary N) is 1. The van der Waals surface area contributed by atoms with Crippen LogP contribution < -0.4 is 11.1 Å². The molecule has 0 radical (unpaired) electrons. The molecule has 21 heavy (non-hydrogen) atoms. The molecule has 0 bridgehead atoms. The molecule has 1 atom stereocenters. The summed E-state index contributed by atoms with van der Waals surface area (Å²) >= 11 is 0. The first-order chi connectivity index (χ1) is 10.2. The number of hydrogen-bond acceptors (Lipinski definition) is 4. The lowest BCUT2D eigenvalue weighted by atomic mass is 10.1. The Kier molecular flexibility index (Phi) is 3.54. The van der Waals surface area contributed by atoms with E-state index in [2.05, 4.69) is 21.6 Å². The number of fused-ring (bicyclic) bond motifs is 1. The topological polar surface area (TPSA) is 63.8 Å². The maximum Gasteiger partial charge on any atom is 0.160 e. The Hall–Kier alpha value is -2.46. The molecule has 3 aromatic rings. The molecular formula is C17H18N4. The van der Waals surface area contributed by atoms with Crippen molar-refractivity contribution in [2.75, 3.05) is 5.32 Å². The molecule has 0 fully saturated rings. The Morgan fingerprint density at radius 2 is 1.62 bits per heavy atom. The van der Waals surface area contributed by atoms with Crippen molar-refractivity contribution in [3.8, 4) is 0 Å². The maximum absolute atomic E-state index is 6.03. The van der Waals surface area contributed by atoms with Crippen molar-refractivity contribution in [2.45, 2.75) is 19.9 Å². The fraction of sp³-hybridized carbons (Fsp3) is 0.176. The molecule has 0 saturated heterocycles. The van der Waals surface area contributed by atoms with Crippen LogP contribution in [0.2, 0.25) is 0 Å². The first-order valence-corrected chi connectivity index (χ1v) is 7.00. The van der Waals surface area contributed by atoms with Gasteiger partial charge >= 0.3 is 0 Å². The molecule has 1 aromatic heterocycles. The van der Waals surface area contributed by atoms with E-state index in [9.17, 15) is 0 Å². The first-order valence-electron chi connectivity index (χ1n) is 7.00. The molecule has 4 heteroatoms. The molecule has 2 aromatic carbocycles. The van der Waals surface area contributed by atoms with Gasteiger partial charge in [0, 0.05) is 22.5 Å². The van der Waals surface area contributed by atoms with Gasteiger partial charge in [0.25, 0.3) is 0 Å². The Bertz CT molecular complexity index is 781. The van der Waals surface area contributed by atoms with Gasteiger partial charge in [0.15, 0.2) is 5.82 Å². The summed E-state index contributed by atoms with van der Waals surface area (Å²) < 4.78 is 0. The minimum atomic E-state index is -0.0432. The van der Waals surface area contributed by atoms with Crippen LogP contribution in [0, 0.1) is 6.92 Å². The predicted octanol–water partition coefficient (Wildman–Crippen LogP) is 3.70. The number of benzene rings is 2. The minimum Gasteiger partial charge on any atom is -0.338 e. The van der Waals surface area contributed by atoms with Crippen LogP contribution in [-0.2, 0) is 0 Å². The third-order valence-corrected chi connectivity index (χ3v) is 3.58. The van der Waals surface area contributed by atoms with E-state index in [0.29, 0.717) is 0 Å². The highest BCUT2D eigenvalue weighted by Gasteiger charge is 2.10. The zero-order valence-electron chi connectivity index (χ0n) is 12.2. The largest absolute Gasteiger partial charge is 0.338 e. The highest BCUT2D eigenvalue weighted by Crippen LogP contribution is 2.28. The summed E-state index contributed by atoms with van der Waals surface area (Å²) in [6.45, 7) is 3.94. The Morgan fingerprint density at radius 3 is 2.38 bits per heavy atom. The van der Waals surface area contributed by atoms with Gasteiger partial charge in [0.1, 0.15) is 0 Å². The molecular weight excluding hydrogens is 260 g/mol. The summed E-state index contributed by atoms with van der Waals surface area (Å²) in [5, 5.41) is 14.1. The number of anilines is 2. The summed E-state index contributed by atoms with van der Waals surface area (Å²) in [6.07, 6.45) is 0. The molecule has 0 aliphatic heterocycles. The van der Waals surface area contributed by atoms with E-state index in [1.54, 1.807) is 0 Å². The summed E-state index contributed by atoms with van der Waals surface area (Å²) in [5.74, 6) is 0.754. The molecule has 0 amide bonds. The summed E-state index contributed by atoms with van der Waals surface area (Å²) in [7, 11) is 0. The third-order valence-electron chi connectivity index (χ3n) is 3.58. The second-order valence-electron chi connectivity index (χ2n) is 5.18. The standard InChI is InChI=1S/C17H18N4/c1-11(18)13-7-5-6-10-16(13)19-17-15-9-4-3-8-14(15)12(2)20-21-17/h3-11H,18H2,1-2H3,(H,19,21). The van der Waals surface area contributed by atoms with E-state index < -0.39 is 0 Å². The van der Waals surface area contributed by atoms with Crippen LogP contribution in [0.15, 0.2) is 48.5 Å². The normalized spacial score (nSPS) is 12.3. The number of nitrogens with two attached hydrogens (primary N) is 1. The van der Waals surface area contributed by atoms with Crippen molar-refractivity contribution >= 4 is 22.3 Å². The van der Waals surface area contributed by atoms with Crippen molar-refractivity contribution in [1.82, 2.24) is 10.2 Å². The molecule has 0 aliphatic rings.